The molecule has 2 aromatic rings. The molecular formula is C15H12BrClN2O3S. The molecule has 0 bridgehead atoms. The van der Waals surface area contributed by atoms with Crippen LogP contribution in [0.4, 0.5) is 11.4 Å². The summed E-state index contributed by atoms with van der Waals surface area (Å²) in [4.78, 5) is 23.5. The second-order valence-electron chi connectivity index (χ2n) is 4.62. The van der Waals surface area contributed by atoms with Crippen LogP contribution in [0.1, 0.15) is 6.92 Å². The average molecular weight is 416 g/mol. The van der Waals surface area contributed by atoms with Gasteiger partial charge in [0.15, 0.2) is 0 Å². The van der Waals surface area contributed by atoms with Crippen molar-refractivity contribution in [3.8, 4) is 0 Å². The highest BCUT2D eigenvalue weighted by atomic mass is 79.9. The standard InChI is InChI=1S/C15H12BrClN2O3S/c1-9(23-12-5-2-10(16)3-6-12)15(20)18-14-8-11(19(21)22)4-7-13(14)17/h2-9H,1H3,(H,18,20). The average Bonchev–Trinajstić information content (AvgIpc) is 2.51. The molecule has 0 aromatic heterocycles. The van der Waals surface area contributed by atoms with Gasteiger partial charge in [0, 0.05) is 21.5 Å². The van der Waals surface area contributed by atoms with Gasteiger partial charge in [0.05, 0.1) is 20.9 Å². The molecule has 1 N–H and O–H groups in total. The predicted octanol–water partition coefficient (Wildman–Crippen LogP) is 5.13. The van der Waals surface area contributed by atoms with Crippen LogP contribution in [0.2, 0.25) is 5.02 Å². The Kier molecular flexibility index (Phi) is 6.04. The Balaban J connectivity index is 2.07. The first-order chi connectivity index (χ1) is 10.9. The number of non-ortho nitro benzene ring substituents is 1. The molecule has 23 heavy (non-hydrogen) atoms. The van der Waals surface area contributed by atoms with E-state index >= 15 is 0 Å². The number of nitrogens with one attached hydrogen (secondary N) is 1. The molecule has 0 heterocycles. The van der Waals surface area contributed by atoms with Crippen molar-refractivity contribution in [2.45, 2.75) is 17.1 Å². The second-order valence-corrected chi connectivity index (χ2v) is 7.36. The molecule has 0 fully saturated rings. The number of hydrogen-bond donors (Lipinski definition) is 1. The highest BCUT2D eigenvalue weighted by Gasteiger charge is 2.17. The first-order valence-electron chi connectivity index (χ1n) is 6.54. The molecule has 0 radical (unpaired) electrons. The quantitative estimate of drug-likeness (QED) is 0.417. The number of nitrogens with zero attached hydrogens (tertiary/aromatic N) is 1. The summed E-state index contributed by atoms with van der Waals surface area (Å²) in [5.41, 5.74) is 0.104. The van der Waals surface area contributed by atoms with Gasteiger partial charge in [0.25, 0.3) is 5.69 Å². The lowest BCUT2D eigenvalue weighted by molar-refractivity contribution is -0.384. The number of benzene rings is 2. The molecule has 2 rings (SSSR count). The highest BCUT2D eigenvalue weighted by molar-refractivity contribution is 9.10. The third-order valence-corrected chi connectivity index (χ3v) is 4.88. The number of thioether (sulfide) groups is 1. The number of nitro benzene ring substituents is 1. The topological polar surface area (TPSA) is 72.2 Å². The summed E-state index contributed by atoms with van der Waals surface area (Å²) in [6.07, 6.45) is 0. The molecule has 8 heteroatoms. The normalized spacial score (nSPS) is 11.8. The number of halogens is 2. The van der Waals surface area contributed by atoms with E-state index in [1.165, 1.54) is 30.0 Å². The van der Waals surface area contributed by atoms with Crippen LogP contribution in [-0.2, 0) is 4.79 Å². The van der Waals surface area contributed by atoms with E-state index in [0.29, 0.717) is 0 Å². The van der Waals surface area contributed by atoms with Crippen molar-refractivity contribution in [3.05, 3.63) is 62.1 Å². The third-order valence-electron chi connectivity index (χ3n) is 2.91. The van der Waals surface area contributed by atoms with Crippen LogP contribution in [0.5, 0.6) is 0 Å². The van der Waals surface area contributed by atoms with Gasteiger partial charge in [0.1, 0.15) is 0 Å². The molecule has 1 atom stereocenters. The molecule has 0 saturated carbocycles. The monoisotopic (exact) mass is 414 g/mol. The summed E-state index contributed by atoms with van der Waals surface area (Å²) in [6.45, 7) is 1.76. The maximum atomic E-state index is 12.2. The van der Waals surface area contributed by atoms with Gasteiger partial charge < -0.3 is 5.32 Å². The van der Waals surface area contributed by atoms with Crippen LogP contribution >= 0.6 is 39.3 Å². The van der Waals surface area contributed by atoms with Gasteiger partial charge in [-0.25, -0.2) is 0 Å². The van der Waals surface area contributed by atoms with E-state index in [4.69, 9.17) is 11.6 Å². The van der Waals surface area contributed by atoms with Gasteiger partial charge in [-0.05, 0) is 37.3 Å². The fraction of sp³-hybridized carbons (Fsp3) is 0.133. The minimum Gasteiger partial charge on any atom is -0.324 e. The van der Waals surface area contributed by atoms with E-state index in [1.807, 2.05) is 24.3 Å². The fourth-order valence-electron chi connectivity index (χ4n) is 1.73. The van der Waals surface area contributed by atoms with Crippen molar-refractivity contribution in [1.29, 1.82) is 0 Å². The van der Waals surface area contributed by atoms with Crippen molar-refractivity contribution >= 4 is 56.6 Å². The van der Waals surface area contributed by atoms with Gasteiger partial charge >= 0.3 is 0 Å². The van der Waals surface area contributed by atoms with Crippen LogP contribution in [0, 0.1) is 10.1 Å². The van der Waals surface area contributed by atoms with E-state index in [2.05, 4.69) is 21.2 Å². The van der Waals surface area contributed by atoms with Crippen molar-refractivity contribution in [2.75, 3.05) is 5.32 Å². The Bertz CT molecular complexity index is 740. The largest absolute Gasteiger partial charge is 0.324 e. The van der Waals surface area contributed by atoms with E-state index < -0.39 is 4.92 Å². The molecule has 1 unspecified atom stereocenters. The molecule has 0 spiro atoms. The minimum absolute atomic E-state index is 0.127. The Morgan fingerprint density at radius 3 is 2.57 bits per heavy atom. The van der Waals surface area contributed by atoms with Crippen LogP contribution in [0.25, 0.3) is 0 Å². The van der Waals surface area contributed by atoms with Crippen LogP contribution in [-0.4, -0.2) is 16.1 Å². The third kappa shape index (κ3) is 4.95. The van der Waals surface area contributed by atoms with Crippen LogP contribution in [0.15, 0.2) is 51.8 Å². The van der Waals surface area contributed by atoms with Gasteiger partial charge in [0.2, 0.25) is 5.91 Å². The van der Waals surface area contributed by atoms with Gasteiger partial charge in [-0.3, -0.25) is 14.9 Å². The smallest absolute Gasteiger partial charge is 0.271 e. The number of rotatable bonds is 5. The maximum Gasteiger partial charge on any atom is 0.271 e. The predicted molar refractivity (Wildman–Crippen MR) is 96.2 cm³/mol. The number of amides is 1. The molecule has 0 aliphatic heterocycles. The molecular weight excluding hydrogens is 404 g/mol. The van der Waals surface area contributed by atoms with E-state index in [1.54, 1.807) is 6.92 Å². The van der Waals surface area contributed by atoms with Crippen molar-refractivity contribution < 1.29 is 9.72 Å². The highest BCUT2D eigenvalue weighted by Crippen LogP contribution is 2.29. The SMILES string of the molecule is CC(Sc1ccc(Br)cc1)C(=O)Nc1cc([N+](=O)[O-])ccc1Cl. The molecule has 120 valence electrons. The first kappa shape index (κ1) is 17.8. The number of anilines is 1. The summed E-state index contributed by atoms with van der Waals surface area (Å²) >= 11 is 10.7. The number of nitro groups is 1. The van der Waals surface area contributed by atoms with Crippen molar-refractivity contribution in [2.24, 2.45) is 0 Å². The Morgan fingerprint density at radius 1 is 1.30 bits per heavy atom. The summed E-state index contributed by atoms with van der Waals surface area (Å²) in [5.74, 6) is -0.277. The number of carbonyl (C=O) groups excluding carboxylic acids is 1. The van der Waals surface area contributed by atoms with Crippen molar-refractivity contribution in [3.63, 3.8) is 0 Å². The maximum absolute atomic E-state index is 12.2. The van der Waals surface area contributed by atoms with Gasteiger partial charge in [-0.1, -0.05) is 27.5 Å². The van der Waals surface area contributed by atoms with E-state index in [9.17, 15) is 14.9 Å². The summed E-state index contributed by atoms with van der Waals surface area (Å²) in [7, 11) is 0. The number of hydrogen-bond acceptors (Lipinski definition) is 4. The lowest BCUT2D eigenvalue weighted by Gasteiger charge is -2.13. The molecule has 0 aliphatic rings. The van der Waals surface area contributed by atoms with Gasteiger partial charge in [-0.2, -0.15) is 0 Å². The zero-order valence-electron chi connectivity index (χ0n) is 12.0. The summed E-state index contributed by atoms with van der Waals surface area (Å²) in [6, 6.07) is 11.5. The Hall–Kier alpha value is -1.57. The Labute approximate surface area is 150 Å². The van der Waals surface area contributed by atoms with E-state index in [0.717, 1.165) is 9.37 Å². The van der Waals surface area contributed by atoms with Gasteiger partial charge in [-0.15, -0.1) is 11.8 Å². The van der Waals surface area contributed by atoms with Crippen molar-refractivity contribution in [1.82, 2.24) is 0 Å². The molecule has 0 saturated heterocycles. The summed E-state index contributed by atoms with van der Waals surface area (Å²) in [5, 5.41) is 13.3. The lowest BCUT2D eigenvalue weighted by atomic mass is 10.2. The zero-order valence-corrected chi connectivity index (χ0v) is 15.1. The zero-order chi connectivity index (χ0) is 17.0. The first-order valence-corrected chi connectivity index (χ1v) is 8.59. The van der Waals surface area contributed by atoms with Crippen LogP contribution in [0.3, 0.4) is 0 Å². The molecule has 2 aromatic carbocycles. The molecule has 5 nitrogen and oxygen atoms in total. The second kappa shape index (κ2) is 7.81. The van der Waals surface area contributed by atoms with E-state index in [-0.39, 0.29) is 27.6 Å². The number of carbonyl (C=O) groups is 1. The molecule has 0 aliphatic carbocycles. The lowest BCUT2D eigenvalue weighted by Crippen LogP contribution is -2.22. The summed E-state index contributed by atoms with van der Waals surface area (Å²) < 4.78 is 0.960. The molecule has 1 amide bonds. The minimum atomic E-state index is -0.536. The van der Waals surface area contributed by atoms with Crippen LogP contribution < -0.4 is 5.32 Å². The Morgan fingerprint density at radius 2 is 1.96 bits per heavy atom. The fourth-order valence-corrected chi connectivity index (χ4v) is 3.02.